The number of amides is 1. The van der Waals surface area contributed by atoms with Gasteiger partial charge in [-0.15, -0.1) is 0 Å². The summed E-state index contributed by atoms with van der Waals surface area (Å²) in [6, 6.07) is 6.52. The van der Waals surface area contributed by atoms with Crippen LogP contribution in [0.15, 0.2) is 18.2 Å². The number of nitrogens with one attached hydrogen (secondary N) is 1. The third kappa shape index (κ3) is 2.96. The first-order chi connectivity index (χ1) is 10.7. The Morgan fingerprint density at radius 2 is 2.14 bits per heavy atom. The van der Waals surface area contributed by atoms with Crippen molar-refractivity contribution in [3.63, 3.8) is 0 Å². The molecule has 2 aromatic rings. The quantitative estimate of drug-likeness (QED) is 0.876. The van der Waals surface area contributed by atoms with Crippen molar-refractivity contribution in [2.24, 2.45) is 0 Å². The Morgan fingerprint density at radius 1 is 1.32 bits per heavy atom. The summed E-state index contributed by atoms with van der Waals surface area (Å²) in [5, 5.41) is 1.30. The molecule has 0 fully saturated rings. The number of hydrogen-bond acceptors (Lipinski definition) is 2. The Kier molecular flexibility index (Phi) is 4.36. The van der Waals surface area contributed by atoms with Crippen LogP contribution in [-0.2, 0) is 17.6 Å². The van der Waals surface area contributed by atoms with E-state index in [-0.39, 0.29) is 6.09 Å². The Balaban J connectivity index is 1.73. The topological polar surface area (TPSA) is 45.3 Å². The van der Waals surface area contributed by atoms with Gasteiger partial charge < -0.3 is 14.6 Å². The number of hydrogen-bond donors (Lipinski definition) is 1. The van der Waals surface area contributed by atoms with E-state index in [1.165, 1.54) is 27.7 Å². The Hall–Kier alpha value is -1.97. The number of carbonyl (C=O) groups excluding carboxylic acids is 1. The van der Waals surface area contributed by atoms with Gasteiger partial charge in [0.1, 0.15) is 0 Å². The number of ether oxygens (including phenoxy) is 1. The van der Waals surface area contributed by atoms with Gasteiger partial charge in [0.15, 0.2) is 0 Å². The summed E-state index contributed by atoms with van der Waals surface area (Å²) in [6.45, 7) is 6.20. The number of benzene rings is 1. The van der Waals surface area contributed by atoms with E-state index in [2.05, 4.69) is 37.0 Å². The Bertz CT molecular complexity index is 675. The lowest BCUT2D eigenvalue weighted by Gasteiger charge is -2.19. The van der Waals surface area contributed by atoms with Crippen LogP contribution in [0.3, 0.4) is 0 Å². The maximum Gasteiger partial charge on any atom is 0.409 e. The zero-order chi connectivity index (χ0) is 15.5. The SMILES string of the molecule is CCCCOC(=O)N1CCc2[nH]c3ccc(C)cc3c2CC1. The molecule has 118 valence electrons. The molecule has 1 aliphatic heterocycles. The van der Waals surface area contributed by atoms with Crippen LogP contribution in [0.4, 0.5) is 4.79 Å². The third-order valence-corrected chi connectivity index (χ3v) is 4.40. The smallest absolute Gasteiger partial charge is 0.409 e. The molecule has 1 aromatic heterocycles. The molecule has 4 nitrogen and oxygen atoms in total. The van der Waals surface area contributed by atoms with Crippen LogP contribution in [0.5, 0.6) is 0 Å². The number of unbranched alkanes of at least 4 members (excludes halogenated alkanes) is 1. The van der Waals surface area contributed by atoms with E-state index in [0.29, 0.717) is 6.61 Å². The number of carbonyl (C=O) groups is 1. The summed E-state index contributed by atoms with van der Waals surface area (Å²) >= 11 is 0. The number of aromatic nitrogens is 1. The van der Waals surface area contributed by atoms with Gasteiger partial charge in [0, 0.05) is 36.1 Å². The molecule has 2 heterocycles. The van der Waals surface area contributed by atoms with Gasteiger partial charge in [-0.25, -0.2) is 4.79 Å². The van der Waals surface area contributed by atoms with Crippen molar-refractivity contribution in [2.45, 2.75) is 39.5 Å². The fourth-order valence-corrected chi connectivity index (χ4v) is 3.10. The molecule has 1 aromatic carbocycles. The standard InChI is InChI=1S/C18H24N2O2/c1-3-4-11-22-18(21)20-9-7-14-15-12-13(2)5-6-16(15)19-17(14)8-10-20/h5-6,12,19H,3-4,7-11H2,1-2H3. The predicted octanol–water partition coefficient (Wildman–Crippen LogP) is 3.81. The minimum absolute atomic E-state index is 0.168. The second-order valence-corrected chi connectivity index (χ2v) is 6.09. The summed E-state index contributed by atoms with van der Waals surface area (Å²) in [4.78, 5) is 17.5. The molecule has 0 saturated heterocycles. The van der Waals surface area contributed by atoms with Gasteiger partial charge >= 0.3 is 6.09 Å². The van der Waals surface area contributed by atoms with Crippen LogP contribution < -0.4 is 0 Å². The van der Waals surface area contributed by atoms with Gasteiger partial charge in [0.05, 0.1) is 6.61 Å². The lowest BCUT2D eigenvalue weighted by atomic mass is 10.1. The molecule has 3 rings (SSSR count). The fourth-order valence-electron chi connectivity index (χ4n) is 3.10. The fraction of sp³-hybridized carbons (Fsp3) is 0.500. The van der Waals surface area contributed by atoms with Crippen molar-refractivity contribution in [2.75, 3.05) is 19.7 Å². The van der Waals surface area contributed by atoms with Gasteiger partial charge in [0.25, 0.3) is 0 Å². The normalized spacial score (nSPS) is 14.7. The van der Waals surface area contributed by atoms with E-state index >= 15 is 0 Å². The van der Waals surface area contributed by atoms with Crippen molar-refractivity contribution in [3.05, 3.63) is 35.0 Å². The van der Waals surface area contributed by atoms with Crippen molar-refractivity contribution < 1.29 is 9.53 Å². The molecule has 1 aliphatic rings. The molecule has 0 unspecified atom stereocenters. The molecular weight excluding hydrogens is 276 g/mol. The second-order valence-electron chi connectivity index (χ2n) is 6.09. The molecular formula is C18H24N2O2. The van der Waals surface area contributed by atoms with Gasteiger partial charge in [-0.2, -0.15) is 0 Å². The second kappa shape index (κ2) is 6.42. The van der Waals surface area contributed by atoms with Crippen LogP contribution >= 0.6 is 0 Å². The predicted molar refractivity (Wildman–Crippen MR) is 88.3 cm³/mol. The number of nitrogens with zero attached hydrogens (tertiary/aromatic N) is 1. The highest BCUT2D eigenvalue weighted by Crippen LogP contribution is 2.26. The third-order valence-electron chi connectivity index (χ3n) is 4.40. The largest absolute Gasteiger partial charge is 0.449 e. The summed E-state index contributed by atoms with van der Waals surface area (Å²) in [7, 11) is 0. The molecule has 1 amide bonds. The molecule has 4 heteroatoms. The Labute approximate surface area is 131 Å². The molecule has 0 saturated carbocycles. The summed E-state index contributed by atoms with van der Waals surface area (Å²) < 4.78 is 5.34. The number of rotatable bonds is 3. The van der Waals surface area contributed by atoms with Crippen molar-refractivity contribution in [1.29, 1.82) is 0 Å². The minimum Gasteiger partial charge on any atom is -0.449 e. The van der Waals surface area contributed by atoms with Crippen molar-refractivity contribution in [1.82, 2.24) is 9.88 Å². The minimum atomic E-state index is -0.168. The zero-order valence-electron chi connectivity index (χ0n) is 13.4. The summed E-state index contributed by atoms with van der Waals surface area (Å²) in [5.41, 5.74) is 5.11. The maximum absolute atomic E-state index is 12.1. The van der Waals surface area contributed by atoms with Crippen LogP contribution in [0.1, 0.15) is 36.6 Å². The first-order valence-electron chi connectivity index (χ1n) is 8.21. The van der Waals surface area contributed by atoms with Crippen LogP contribution in [0.25, 0.3) is 10.9 Å². The number of aromatic amines is 1. The van der Waals surface area contributed by atoms with Crippen LogP contribution in [0, 0.1) is 6.92 Å². The van der Waals surface area contributed by atoms with Crippen LogP contribution in [-0.4, -0.2) is 35.7 Å². The van der Waals surface area contributed by atoms with Crippen LogP contribution in [0.2, 0.25) is 0 Å². The lowest BCUT2D eigenvalue weighted by molar-refractivity contribution is 0.103. The summed E-state index contributed by atoms with van der Waals surface area (Å²) in [5.74, 6) is 0. The number of H-pyrrole nitrogens is 1. The van der Waals surface area contributed by atoms with Crippen molar-refractivity contribution >= 4 is 17.0 Å². The van der Waals surface area contributed by atoms with Gasteiger partial charge in [0.2, 0.25) is 0 Å². The maximum atomic E-state index is 12.1. The van der Waals surface area contributed by atoms with E-state index in [1.807, 2.05) is 4.90 Å². The Morgan fingerprint density at radius 3 is 2.95 bits per heavy atom. The first kappa shape index (κ1) is 14.9. The van der Waals surface area contributed by atoms with Gasteiger partial charge in [-0.3, -0.25) is 0 Å². The van der Waals surface area contributed by atoms with Gasteiger partial charge in [-0.1, -0.05) is 25.0 Å². The molecule has 22 heavy (non-hydrogen) atoms. The van der Waals surface area contributed by atoms with E-state index in [4.69, 9.17) is 4.74 Å². The van der Waals surface area contributed by atoms with Gasteiger partial charge in [-0.05, 0) is 37.5 Å². The average Bonchev–Trinajstić information content (AvgIpc) is 2.71. The van der Waals surface area contributed by atoms with Crippen molar-refractivity contribution in [3.8, 4) is 0 Å². The van der Waals surface area contributed by atoms with E-state index in [9.17, 15) is 4.79 Å². The highest BCUT2D eigenvalue weighted by Gasteiger charge is 2.22. The number of aryl methyl sites for hydroxylation is 1. The highest BCUT2D eigenvalue weighted by molar-refractivity contribution is 5.85. The molecule has 0 spiro atoms. The molecule has 0 aliphatic carbocycles. The zero-order valence-corrected chi connectivity index (χ0v) is 13.4. The highest BCUT2D eigenvalue weighted by atomic mass is 16.6. The average molecular weight is 300 g/mol. The first-order valence-corrected chi connectivity index (χ1v) is 8.21. The molecule has 1 N–H and O–H groups in total. The molecule has 0 bridgehead atoms. The van der Waals surface area contributed by atoms with E-state index in [0.717, 1.165) is 38.8 Å². The summed E-state index contributed by atoms with van der Waals surface area (Å²) in [6.07, 6.45) is 3.57. The van der Waals surface area contributed by atoms with E-state index < -0.39 is 0 Å². The molecule has 0 atom stereocenters. The molecule has 0 radical (unpaired) electrons. The van der Waals surface area contributed by atoms with E-state index in [1.54, 1.807) is 0 Å². The monoisotopic (exact) mass is 300 g/mol. The number of fused-ring (bicyclic) bond motifs is 3. The lowest BCUT2D eigenvalue weighted by Crippen LogP contribution is -2.34.